The molecule has 1 aliphatic rings. The monoisotopic (exact) mass is 558 g/mol. The number of hydrogen-bond acceptors (Lipinski definition) is 6. The van der Waals surface area contributed by atoms with Gasteiger partial charge in [0.2, 0.25) is 0 Å². The maximum Gasteiger partial charge on any atom is 0.323 e. The van der Waals surface area contributed by atoms with Crippen LogP contribution in [-0.4, -0.2) is 77.3 Å². The first-order chi connectivity index (χ1) is 19.7. The molecule has 0 saturated carbocycles. The molecule has 1 saturated heterocycles. The molecule has 1 heterocycles. The van der Waals surface area contributed by atoms with Crippen LogP contribution in [0.4, 0.5) is 27.5 Å². The van der Waals surface area contributed by atoms with Crippen molar-refractivity contribution in [3.05, 3.63) is 77.4 Å². The topological polar surface area (TPSA) is 89.2 Å². The van der Waals surface area contributed by atoms with Crippen molar-refractivity contribution in [2.45, 2.75) is 20.3 Å². The van der Waals surface area contributed by atoms with Gasteiger partial charge in [0.25, 0.3) is 5.91 Å². The fourth-order valence-corrected chi connectivity index (χ4v) is 4.96. The Morgan fingerprint density at radius 1 is 0.829 bits per heavy atom. The first-order valence-electron chi connectivity index (χ1n) is 14.1. The molecule has 0 aliphatic carbocycles. The lowest BCUT2D eigenvalue weighted by atomic mass is 10.1. The van der Waals surface area contributed by atoms with E-state index in [-0.39, 0.29) is 11.9 Å². The Morgan fingerprint density at radius 2 is 1.46 bits per heavy atom. The molecule has 0 aromatic heterocycles. The molecule has 218 valence electrons. The lowest BCUT2D eigenvalue weighted by Crippen LogP contribution is -2.47. The number of nitrogens with one attached hydrogen (secondary N) is 3. The minimum absolute atomic E-state index is 0.149. The van der Waals surface area contributed by atoms with Gasteiger partial charge in [-0.25, -0.2) is 4.79 Å². The van der Waals surface area contributed by atoms with Crippen LogP contribution in [0.1, 0.15) is 27.9 Å². The van der Waals surface area contributed by atoms with Gasteiger partial charge >= 0.3 is 6.03 Å². The quantitative estimate of drug-likeness (QED) is 0.305. The third-order valence-electron chi connectivity index (χ3n) is 7.38. The molecule has 41 heavy (non-hydrogen) atoms. The van der Waals surface area contributed by atoms with Crippen molar-refractivity contribution < 1.29 is 14.3 Å². The van der Waals surface area contributed by atoms with E-state index < -0.39 is 0 Å². The molecule has 1 fully saturated rings. The van der Waals surface area contributed by atoms with E-state index in [1.807, 2.05) is 76.5 Å². The van der Waals surface area contributed by atoms with Gasteiger partial charge in [-0.15, -0.1) is 0 Å². The Kier molecular flexibility index (Phi) is 10.1. The minimum Gasteiger partial charge on any atom is -0.495 e. The highest BCUT2D eigenvalue weighted by molar-refractivity contribution is 6.04. The Hall–Kier alpha value is -4.24. The maximum atomic E-state index is 13.4. The number of carbonyl (C=O) groups is 2. The largest absolute Gasteiger partial charge is 0.495 e. The highest BCUT2D eigenvalue weighted by atomic mass is 16.5. The molecule has 3 aromatic rings. The van der Waals surface area contributed by atoms with Crippen LogP contribution < -0.4 is 30.5 Å². The van der Waals surface area contributed by atoms with E-state index in [0.29, 0.717) is 23.5 Å². The molecule has 0 atom stereocenters. The van der Waals surface area contributed by atoms with Gasteiger partial charge in [0, 0.05) is 49.8 Å². The van der Waals surface area contributed by atoms with Gasteiger partial charge in [-0.05, 0) is 94.5 Å². The second kappa shape index (κ2) is 13.9. The first-order valence-corrected chi connectivity index (χ1v) is 14.1. The van der Waals surface area contributed by atoms with Crippen molar-refractivity contribution in [1.29, 1.82) is 0 Å². The smallest absolute Gasteiger partial charge is 0.323 e. The average Bonchev–Trinajstić information content (AvgIpc) is 2.97. The molecule has 4 rings (SSSR count). The molecule has 0 spiro atoms. The van der Waals surface area contributed by atoms with Crippen molar-refractivity contribution in [3.8, 4) is 5.75 Å². The highest BCUT2D eigenvalue weighted by Crippen LogP contribution is 2.31. The number of methoxy groups -OCH3 is 1. The van der Waals surface area contributed by atoms with Gasteiger partial charge in [0.1, 0.15) is 5.75 Å². The van der Waals surface area contributed by atoms with Crippen LogP contribution in [-0.2, 0) is 0 Å². The lowest BCUT2D eigenvalue weighted by Gasteiger charge is -2.38. The van der Waals surface area contributed by atoms with Crippen LogP contribution in [0.5, 0.6) is 5.75 Å². The zero-order chi connectivity index (χ0) is 29.4. The van der Waals surface area contributed by atoms with Gasteiger partial charge in [-0.3, -0.25) is 4.79 Å². The van der Waals surface area contributed by atoms with Gasteiger partial charge in [0.05, 0.1) is 18.4 Å². The number of anilines is 4. The second-order valence-corrected chi connectivity index (χ2v) is 10.7. The third kappa shape index (κ3) is 7.91. The van der Waals surface area contributed by atoms with Crippen molar-refractivity contribution >= 4 is 34.7 Å². The number of hydrogen-bond donors (Lipinski definition) is 3. The predicted octanol–water partition coefficient (Wildman–Crippen LogP) is 4.96. The van der Waals surface area contributed by atoms with E-state index in [4.69, 9.17) is 4.74 Å². The summed E-state index contributed by atoms with van der Waals surface area (Å²) in [6.45, 7) is 8.59. The summed E-state index contributed by atoms with van der Waals surface area (Å²) < 4.78 is 5.56. The highest BCUT2D eigenvalue weighted by Gasteiger charge is 2.24. The zero-order valence-electron chi connectivity index (χ0n) is 24.8. The van der Waals surface area contributed by atoms with E-state index in [0.717, 1.165) is 67.4 Å². The van der Waals surface area contributed by atoms with Crippen LogP contribution >= 0.6 is 0 Å². The van der Waals surface area contributed by atoms with Crippen molar-refractivity contribution in [2.75, 3.05) is 80.9 Å². The lowest BCUT2D eigenvalue weighted by molar-refractivity contribution is 0.0952. The van der Waals surface area contributed by atoms with Gasteiger partial charge in [-0.2, -0.15) is 0 Å². The van der Waals surface area contributed by atoms with Gasteiger partial charge < -0.3 is 35.4 Å². The normalized spacial score (nSPS) is 13.2. The van der Waals surface area contributed by atoms with E-state index in [1.165, 1.54) is 0 Å². The fourth-order valence-electron chi connectivity index (χ4n) is 4.96. The Bertz CT molecular complexity index is 1350. The van der Waals surface area contributed by atoms with Crippen LogP contribution in [0.2, 0.25) is 0 Å². The summed E-state index contributed by atoms with van der Waals surface area (Å²) in [4.78, 5) is 32.8. The van der Waals surface area contributed by atoms with Crippen LogP contribution in [0, 0.1) is 13.8 Å². The number of urea groups is 1. The Labute approximate surface area is 243 Å². The number of nitrogens with zero attached hydrogens (tertiary/aromatic N) is 3. The van der Waals surface area contributed by atoms with Crippen LogP contribution in [0.3, 0.4) is 0 Å². The molecule has 3 N–H and O–H groups in total. The molecule has 3 aromatic carbocycles. The molecular formula is C32H42N6O3. The summed E-state index contributed by atoms with van der Waals surface area (Å²) in [5.41, 5.74) is 6.01. The summed E-state index contributed by atoms with van der Waals surface area (Å²) in [5.74, 6) is 0.706. The summed E-state index contributed by atoms with van der Waals surface area (Å²) in [6, 6.07) is 19.0. The van der Waals surface area contributed by atoms with E-state index in [9.17, 15) is 9.59 Å². The third-order valence-corrected chi connectivity index (χ3v) is 7.38. The minimum atomic E-state index is -0.358. The first kappa shape index (κ1) is 29.7. The number of piperazine rings is 1. The summed E-state index contributed by atoms with van der Waals surface area (Å²) in [5, 5.41) is 8.85. The summed E-state index contributed by atoms with van der Waals surface area (Å²) in [6.07, 6.45) is 0.849. The molecule has 9 nitrogen and oxygen atoms in total. The molecule has 0 bridgehead atoms. The molecule has 1 aliphatic heterocycles. The van der Waals surface area contributed by atoms with E-state index >= 15 is 0 Å². The van der Waals surface area contributed by atoms with Crippen molar-refractivity contribution in [2.24, 2.45) is 0 Å². The predicted molar refractivity (Wildman–Crippen MR) is 168 cm³/mol. The van der Waals surface area contributed by atoms with Crippen molar-refractivity contribution in [1.82, 2.24) is 10.2 Å². The Morgan fingerprint density at radius 3 is 2.12 bits per heavy atom. The molecular weight excluding hydrogens is 516 g/mol. The molecule has 9 heteroatoms. The number of para-hydroxylation sites is 2. The molecule has 0 unspecified atom stereocenters. The number of rotatable bonds is 10. The maximum absolute atomic E-state index is 13.4. The summed E-state index contributed by atoms with van der Waals surface area (Å²) >= 11 is 0. The number of ether oxygens (including phenoxy) is 1. The van der Waals surface area contributed by atoms with Crippen LogP contribution in [0.15, 0.2) is 60.7 Å². The number of carbonyl (C=O) groups excluding carboxylic acids is 2. The van der Waals surface area contributed by atoms with Gasteiger partial charge in [0.15, 0.2) is 0 Å². The van der Waals surface area contributed by atoms with E-state index in [2.05, 4.69) is 36.7 Å². The number of aryl methyl sites for hydroxylation is 2. The summed E-state index contributed by atoms with van der Waals surface area (Å²) in [7, 11) is 5.72. The van der Waals surface area contributed by atoms with Gasteiger partial charge in [-0.1, -0.05) is 18.2 Å². The zero-order valence-corrected chi connectivity index (χ0v) is 24.8. The van der Waals surface area contributed by atoms with Crippen LogP contribution in [0.25, 0.3) is 0 Å². The fraction of sp³-hybridized carbons (Fsp3) is 0.375. The SMILES string of the molecule is COc1ccccc1N1CCN(c2ccc(NC(=O)Nc3ccc(C)c(C)c3)cc2C(=O)NCCCN(C)C)CC1. The second-order valence-electron chi connectivity index (χ2n) is 10.7. The van der Waals surface area contributed by atoms with E-state index in [1.54, 1.807) is 13.2 Å². The van der Waals surface area contributed by atoms with Crippen molar-refractivity contribution in [3.63, 3.8) is 0 Å². The number of amides is 3. The molecule has 0 radical (unpaired) electrons. The average molecular weight is 559 g/mol. The standard InChI is InChI=1S/C32H42N6O3/c1-23-11-12-25(21-24(23)2)34-32(40)35-26-13-14-28(27(22-26)31(39)33-15-8-16-36(3)4)37-17-19-38(20-18-37)29-9-6-7-10-30(29)41-5/h6-7,9-14,21-22H,8,15-20H2,1-5H3,(H,33,39)(H2,34,35,40). The Balaban J connectivity index is 1.49. The number of benzene rings is 3. The molecule has 3 amide bonds.